The molecule has 1 amide bonds. The molecular formula is C11H14ClN3O. The van der Waals surface area contributed by atoms with Crippen LogP contribution in [0.1, 0.15) is 23.3 Å². The van der Waals surface area contributed by atoms with E-state index in [1.807, 2.05) is 0 Å². The molecule has 1 unspecified atom stereocenters. The normalized spacial score (nSPS) is 20.9. The van der Waals surface area contributed by atoms with Crippen molar-refractivity contribution in [2.75, 3.05) is 13.1 Å². The van der Waals surface area contributed by atoms with Crippen LogP contribution in [0.15, 0.2) is 18.3 Å². The van der Waals surface area contributed by atoms with Gasteiger partial charge in [0.25, 0.3) is 5.91 Å². The fraction of sp³-hybridized carbons (Fsp3) is 0.455. The quantitative estimate of drug-likeness (QED) is 0.804. The molecule has 1 aromatic rings. The molecule has 2 heterocycles. The molecule has 1 fully saturated rings. The Morgan fingerprint density at radius 1 is 1.56 bits per heavy atom. The number of piperidine rings is 1. The highest BCUT2D eigenvalue weighted by atomic mass is 35.5. The smallest absolute Gasteiger partial charge is 0.272 e. The number of hydrogen-bond acceptors (Lipinski definition) is 3. The first-order valence-corrected chi connectivity index (χ1v) is 5.71. The molecule has 0 aliphatic carbocycles. The molecule has 1 atom stereocenters. The van der Waals surface area contributed by atoms with Crippen LogP contribution in [0.25, 0.3) is 0 Å². The monoisotopic (exact) mass is 239 g/mol. The number of aromatic nitrogens is 1. The average Bonchev–Trinajstić information content (AvgIpc) is 2.29. The van der Waals surface area contributed by atoms with Crippen LogP contribution in [0.2, 0.25) is 5.02 Å². The summed E-state index contributed by atoms with van der Waals surface area (Å²) in [6.07, 6.45) is 3.43. The number of halogens is 1. The number of likely N-dealkylation sites (tertiary alicyclic amines) is 1. The highest BCUT2D eigenvalue weighted by molar-refractivity contribution is 6.30. The third kappa shape index (κ3) is 2.51. The van der Waals surface area contributed by atoms with E-state index in [4.69, 9.17) is 17.3 Å². The Balaban J connectivity index is 2.09. The van der Waals surface area contributed by atoms with Crippen molar-refractivity contribution in [3.63, 3.8) is 0 Å². The van der Waals surface area contributed by atoms with Crippen molar-refractivity contribution in [2.45, 2.75) is 18.9 Å². The molecule has 0 spiro atoms. The zero-order valence-electron chi connectivity index (χ0n) is 8.90. The van der Waals surface area contributed by atoms with Crippen LogP contribution in [-0.2, 0) is 0 Å². The number of carbonyl (C=O) groups is 1. The van der Waals surface area contributed by atoms with Gasteiger partial charge in [0.2, 0.25) is 0 Å². The van der Waals surface area contributed by atoms with Gasteiger partial charge in [0.05, 0.1) is 5.02 Å². The Kier molecular flexibility index (Phi) is 3.41. The minimum Gasteiger partial charge on any atom is -0.336 e. The Labute approximate surface area is 99.4 Å². The molecule has 1 aliphatic heterocycles. The molecule has 16 heavy (non-hydrogen) atoms. The van der Waals surface area contributed by atoms with Crippen LogP contribution in [0, 0.1) is 0 Å². The molecule has 0 radical (unpaired) electrons. The summed E-state index contributed by atoms with van der Waals surface area (Å²) >= 11 is 5.72. The zero-order chi connectivity index (χ0) is 11.5. The van der Waals surface area contributed by atoms with Crippen molar-refractivity contribution in [2.24, 2.45) is 5.73 Å². The van der Waals surface area contributed by atoms with Gasteiger partial charge in [-0.25, -0.2) is 4.98 Å². The van der Waals surface area contributed by atoms with Crippen molar-refractivity contribution >= 4 is 17.5 Å². The van der Waals surface area contributed by atoms with Gasteiger partial charge >= 0.3 is 0 Å². The molecule has 2 N–H and O–H groups in total. The molecule has 86 valence electrons. The summed E-state index contributed by atoms with van der Waals surface area (Å²) in [6.45, 7) is 1.37. The molecule has 0 saturated carbocycles. The molecule has 1 saturated heterocycles. The van der Waals surface area contributed by atoms with E-state index in [0.29, 0.717) is 17.3 Å². The first-order valence-electron chi connectivity index (χ1n) is 5.33. The molecule has 1 aliphatic rings. The van der Waals surface area contributed by atoms with Crippen LogP contribution in [-0.4, -0.2) is 34.9 Å². The number of nitrogens with zero attached hydrogens (tertiary/aromatic N) is 2. The number of carbonyl (C=O) groups excluding carboxylic acids is 1. The minimum atomic E-state index is -0.0631. The third-order valence-electron chi connectivity index (χ3n) is 2.69. The second-order valence-electron chi connectivity index (χ2n) is 4.02. The maximum absolute atomic E-state index is 12.0. The lowest BCUT2D eigenvalue weighted by atomic mass is 10.1. The Bertz CT molecular complexity index is 379. The summed E-state index contributed by atoms with van der Waals surface area (Å²) in [5.74, 6) is -0.0631. The molecule has 0 aromatic carbocycles. The SMILES string of the molecule is NC1CCCN(C(=O)c2ccc(Cl)cn2)C1. The van der Waals surface area contributed by atoms with E-state index in [1.54, 1.807) is 17.0 Å². The van der Waals surface area contributed by atoms with Gasteiger partial charge in [-0.05, 0) is 25.0 Å². The van der Waals surface area contributed by atoms with Gasteiger partial charge in [0, 0.05) is 25.3 Å². The van der Waals surface area contributed by atoms with E-state index in [0.717, 1.165) is 19.4 Å². The van der Waals surface area contributed by atoms with Crippen molar-refractivity contribution in [3.8, 4) is 0 Å². The lowest BCUT2D eigenvalue weighted by molar-refractivity contribution is 0.0703. The third-order valence-corrected chi connectivity index (χ3v) is 2.92. The van der Waals surface area contributed by atoms with Gasteiger partial charge in [-0.15, -0.1) is 0 Å². The fourth-order valence-corrected chi connectivity index (χ4v) is 1.97. The summed E-state index contributed by atoms with van der Waals surface area (Å²) in [5, 5.41) is 0.534. The number of rotatable bonds is 1. The molecular weight excluding hydrogens is 226 g/mol. The van der Waals surface area contributed by atoms with Gasteiger partial charge in [-0.3, -0.25) is 4.79 Å². The summed E-state index contributed by atoms with van der Waals surface area (Å²) < 4.78 is 0. The summed E-state index contributed by atoms with van der Waals surface area (Å²) in [7, 11) is 0. The van der Waals surface area contributed by atoms with Crippen LogP contribution in [0.5, 0.6) is 0 Å². The van der Waals surface area contributed by atoms with E-state index in [9.17, 15) is 4.79 Å². The zero-order valence-corrected chi connectivity index (χ0v) is 9.65. The first kappa shape index (κ1) is 11.4. The van der Waals surface area contributed by atoms with E-state index in [2.05, 4.69) is 4.98 Å². The van der Waals surface area contributed by atoms with E-state index < -0.39 is 0 Å². The van der Waals surface area contributed by atoms with E-state index in [-0.39, 0.29) is 11.9 Å². The van der Waals surface area contributed by atoms with E-state index >= 15 is 0 Å². The second-order valence-corrected chi connectivity index (χ2v) is 4.45. The van der Waals surface area contributed by atoms with Crippen molar-refractivity contribution in [1.29, 1.82) is 0 Å². The second kappa shape index (κ2) is 4.80. The van der Waals surface area contributed by atoms with Crippen molar-refractivity contribution in [3.05, 3.63) is 29.0 Å². The van der Waals surface area contributed by atoms with Crippen LogP contribution in [0.3, 0.4) is 0 Å². The van der Waals surface area contributed by atoms with Gasteiger partial charge < -0.3 is 10.6 Å². The number of pyridine rings is 1. The van der Waals surface area contributed by atoms with Crippen molar-refractivity contribution < 1.29 is 4.79 Å². The molecule has 1 aromatic heterocycles. The summed E-state index contributed by atoms with van der Waals surface area (Å²) in [6, 6.07) is 3.40. The van der Waals surface area contributed by atoms with Gasteiger partial charge in [0.1, 0.15) is 5.69 Å². The average molecular weight is 240 g/mol. The minimum absolute atomic E-state index is 0.0631. The fourth-order valence-electron chi connectivity index (χ4n) is 1.86. The summed E-state index contributed by atoms with van der Waals surface area (Å²) in [5.41, 5.74) is 6.26. The van der Waals surface area contributed by atoms with Gasteiger partial charge in [-0.1, -0.05) is 11.6 Å². The topological polar surface area (TPSA) is 59.2 Å². The number of nitrogens with two attached hydrogens (primary N) is 1. The molecule has 4 nitrogen and oxygen atoms in total. The number of amides is 1. The Morgan fingerprint density at radius 3 is 3.00 bits per heavy atom. The van der Waals surface area contributed by atoms with E-state index in [1.165, 1.54) is 6.20 Å². The highest BCUT2D eigenvalue weighted by Gasteiger charge is 2.22. The first-order chi connectivity index (χ1) is 7.66. The highest BCUT2D eigenvalue weighted by Crippen LogP contribution is 2.13. The largest absolute Gasteiger partial charge is 0.336 e. The Morgan fingerprint density at radius 2 is 2.38 bits per heavy atom. The van der Waals surface area contributed by atoms with Crippen LogP contribution in [0.4, 0.5) is 0 Å². The van der Waals surface area contributed by atoms with Crippen LogP contribution < -0.4 is 5.73 Å². The maximum Gasteiger partial charge on any atom is 0.272 e. The predicted octanol–water partition coefficient (Wildman–Crippen LogP) is 1.30. The lowest BCUT2D eigenvalue weighted by Crippen LogP contribution is -2.45. The predicted molar refractivity (Wildman–Crippen MR) is 62.4 cm³/mol. The van der Waals surface area contributed by atoms with Gasteiger partial charge in [-0.2, -0.15) is 0 Å². The van der Waals surface area contributed by atoms with Crippen LogP contribution >= 0.6 is 11.6 Å². The maximum atomic E-state index is 12.0. The summed E-state index contributed by atoms with van der Waals surface area (Å²) in [4.78, 5) is 17.8. The van der Waals surface area contributed by atoms with Crippen molar-refractivity contribution in [1.82, 2.24) is 9.88 Å². The lowest BCUT2D eigenvalue weighted by Gasteiger charge is -2.30. The molecule has 0 bridgehead atoms. The Hall–Kier alpha value is -1.13. The molecule has 2 rings (SSSR count). The number of hydrogen-bond donors (Lipinski definition) is 1. The molecule has 5 heteroatoms. The standard InChI is InChI=1S/C11H14ClN3O/c12-8-3-4-10(14-6-8)11(16)15-5-1-2-9(13)7-15/h3-4,6,9H,1-2,5,7,13H2. The van der Waals surface area contributed by atoms with Gasteiger partial charge in [0.15, 0.2) is 0 Å².